The van der Waals surface area contributed by atoms with E-state index in [1.807, 2.05) is 6.07 Å². The van der Waals surface area contributed by atoms with E-state index < -0.39 is 10.0 Å². The van der Waals surface area contributed by atoms with Gasteiger partial charge in [-0.15, -0.1) is 0 Å². The number of hydrogen-bond donors (Lipinski definition) is 0. The quantitative estimate of drug-likeness (QED) is 0.771. The van der Waals surface area contributed by atoms with E-state index in [2.05, 4.69) is 0 Å². The van der Waals surface area contributed by atoms with Crippen molar-refractivity contribution in [2.45, 2.75) is 11.3 Å². The highest BCUT2D eigenvalue weighted by Crippen LogP contribution is 2.19. The summed E-state index contributed by atoms with van der Waals surface area (Å²) in [6, 6.07) is 7.99. The Balaban J connectivity index is 3.01. The lowest BCUT2D eigenvalue weighted by molar-refractivity contribution is 0.179. The molecule has 0 amide bonds. The highest BCUT2D eigenvalue weighted by Gasteiger charge is 2.23. The molecule has 0 heterocycles. The summed E-state index contributed by atoms with van der Waals surface area (Å²) >= 11 is 5.80. The van der Waals surface area contributed by atoms with Gasteiger partial charge in [-0.25, -0.2) is 8.42 Å². The molecule has 0 atom stereocenters. The molecule has 104 valence electrons. The van der Waals surface area contributed by atoms with Crippen molar-refractivity contribution in [3.05, 3.63) is 29.3 Å². The first-order chi connectivity index (χ1) is 9.02. The van der Waals surface area contributed by atoms with Crippen LogP contribution in [0.1, 0.15) is 6.42 Å². The molecule has 0 saturated carbocycles. The van der Waals surface area contributed by atoms with Crippen molar-refractivity contribution >= 4 is 21.6 Å². The Kier molecular flexibility index (Phi) is 6.25. The first kappa shape index (κ1) is 15.9. The maximum Gasteiger partial charge on any atom is 0.243 e. The molecule has 0 aliphatic carbocycles. The van der Waals surface area contributed by atoms with E-state index in [0.717, 1.165) is 0 Å². The molecule has 0 radical (unpaired) electrons. The van der Waals surface area contributed by atoms with Crippen LogP contribution in [-0.2, 0) is 14.8 Å². The van der Waals surface area contributed by atoms with E-state index in [1.54, 1.807) is 12.1 Å². The highest BCUT2D eigenvalue weighted by molar-refractivity contribution is 7.89. The van der Waals surface area contributed by atoms with Gasteiger partial charge in [0.25, 0.3) is 0 Å². The maximum atomic E-state index is 12.4. The summed E-state index contributed by atoms with van der Waals surface area (Å²) in [5.74, 6) is 0. The topological polar surface area (TPSA) is 70.4 Å². The number of hydrogen-bond acceptors (Lipinski definition) is 4. The molecule has 0 unspecified atom stereocenters. The van der Waals surface area contributed by atoms with Crippen molar-refractivity contribution in [1.82, 2.24) is 4.31 Å². The van der Waals surface area contributed by atoms with Crippen molar-refractivity contribution in [2.24, 2.45) is 0 Å². The second kappa shape index (κ2) is 7.46. The van der Waals surface area contributed by atoms with Gasteiger partial charge in [0.2, 0.25) is 10.0 Å². The molecule has 7 heteroatoms. The van der Waals surface area contributed by atoms with Gasteiger partial charge in [0.05, 0.1) is 17.6 Å². The number of nitriles is 1. The number of benzene rings is 1. The lowest BCUT2D eigenvalue weighted by Gasteiger charge is -2.20. The van der Waals surface area contributed by atoms with Crippen LogP contribution in [-0.4, -0.2) is 39.5 Å². The number of nitrogens with zero attached hydrogens (tertiary/aromatic N) is 2. The molecule has 0 aliphatic rings. The van der Waals surface area contributed by atoms with Crippen molar-refractivity contribution < 1.29 is 13.2 Å². The van der Waals surface area contributed by atoms with Gasteiger partial charge in [-0.3, -0.25) is 0 Å². The summed E-state index contributed by atoms with van der Waals surface area (Å²) in [5, 5.41) is 8.95. The van der Waals surface area contributed by atoms with Crippen LogP contribution in [0.3, 0.4) is 0 Å². The smallest absolute Gasteiger partial charge is 0.243 e. The molecule has 0 bridgehead atoms. The number of ether oxygens (including phenoxy) is 1. The molecule has 0 spiro atoms. The normalized spacial score (nSPS) is 11.5. The van der Waals surface area contributed by atoms with Gasteiger partial charge in [-0.1, -0.05) is 17.7 Å². The lowest BCUT2D eigenvalue weighted by atomic mass is 10.4. The van der Waals surface area contributed by atoms with E-state index in [0.29, 0.717) is 5.02 Å². The van der Waals surface area contributed by atoms with Gasteiger partial charge in [0, 0.05) is 31.6 Å². The van der Waals surface area contributed by atoms with Gasteiger partial charge in [-0.05, 0) is 18.2 Å². The number of methoxy groups -OCH3 is 1. The Morgan fingerprint density at radius 1 is 1.42 bits per heavy atom. The van der Waals surface area contributed by atoms with Gasteiger partial charge >= 0.3 is 0 Å². The Hall–Kier alpha value is -1.13. The number of sulfonamides is 1. The minimum Gasteiger partial charge on any atom is -0.383 e. The third-order valence-electron chi connectivity index (χ3n) is 2.45. The van der Waals surface area contributed by atoms with Crippen LogP contribution in [0.25, 0.3) is 0 Å². The first-order valence-corrected chi connectivity index (χ1v) is 7.45. The molecule has 0 saturated heterocycles. The average Bonchev–Trinajstić information content (AvgIpc) is 2.38. The van der Waals surface area contributed by atoms with Crippen LogP contribution in [0.15, 0.2) is 29.2 Å². The monoisotopic (exact) mass is 302 g/mol. The minimum atomic E-state index is -3.65. The molecule has 1 rings (SSSR count). The summed E-state index contributed by atoms with van der Waals surface area (Å²) in [6.07, 6.45) is 0.128. The number of rotatable bonds is 7. The van der Waals surface area contributed by atoms with Crippen molar-refractivity contribution in [1.29, 1.82) is 5.26 Å². The average molecular weight is 303 g/mol. The third kappa shape index (κ3) is 4.48. The summed E-state index contributed by atoms with van der Waals surface area (Å²) < 4.78 is 30.9. The fraction of sp³-hybridized carbons (Fsp3) is 0.417. The Morgan fingerprint density at radius 3 is 2.74 bits per heavy atom. The standard InChI is InChI=1S/C12H15ClN2O3S/c1-18-9-8-15(7-3-6-14)19(16,17)12-5-2-4-11(13)10-12/h2,4-5,10H,3,7-9H2,1H3. The van der Waals surface area contributed by atoms with E-state index >= 15 is 0 Å². The second-order valence-electron chi connectivity index (χ2n) is 3.76. The van der Waals surface area contributed by atoms with Crippen molar-refractivity contribution in [2.75, 3.05) is 26.8 Å². The second-order valence-corrected chi connectivity index (χ2v) is 6.14. The number of halogens is 1. The van der Waals surface area contributed by atoms with E-state index in [1.165, 1.54) is 23.5 Å². The van der Waals surface area contributed by atoms with Crippen LogP contribution >= 0.6 is 11.6 Å². The Bertz CT molecular complexity index is 554. The zero-order valence-electron chi connectivity index (χ0n) is 10.5. The van der Waals surface area contributed by atoms with Crippen molar-refractivity contribution in [3.8, 4) is 6.07 Å². The molecule has 19 heavy (non-hydrogen) atoms. The van der Waals surface area contributed by atoms with E-state index in [4.69, 9.17) is 21.6 Å². The van der Waals surface area contributed by atoms with Crippen LogP contribution in [0.2, 0.25) is 5.02 Å². The SMILES string of the molecule is COCCN(CCC#N)S(=O)(=O)c1cccc(Cl)c1. The summed E-state index contributed by atoms with van der Waals surface area (Å²) in [5.41, 5.74) is 0. The molecular formula is C12H15ClN2O3S. The molecule has 0 aromatic heterocycles. The fourth-order valence-electron chi connectivity index (χ4n) is 1.50. The molecule has 5 nitrogen and oxygen atoms in total. The zero-order valence-corrected chi connectivity index (χ0v) is 12.1. The molecule has 0 fully saturated rings. The molecule has 1 aromatic rings. The van der Waals surface area contributed by atoms with Gasteiger partial charge < -0.3 is 4.74 Å². The molecule has 1 aromatic carbocycles. The van der Waals surface area contributed by atoms with E-state index in [-0.39, 0.29) is 31.0 Å². The molecule has 0 N–H and O–H groups in total. The van der Waals surface area contributed by atoms with E-state index in [9.17, 15) is 8.42 Å². The molecule has 0 aliphatic heterocycles. The first-order valence-electron chi connectivity index (χ1n) is 5.64. The van der Waals surface area contributed by atoms with Crippen molar-refractivity contribution in [3.63, 3.8) is 0 Å². The van der Waals surface area contributed by atoms with Crippen LogP contribution in [0, 0.1) is 11.3 Å². The predicted octanol–water partition coefficient (Wildman–Crippen LogP) is 1.89. The fourth-order valence-corrected chi connectivity index (χ4v) is 3.22. The Labute approximate surface area is 118 Å². The predicted molar refractivity (Wildman–Crippen MR) is 72.3 cm³/mol. The van der Waals surface area contributed by atoms with Gasteiger partial charge in [-0.2, -0.15) is 9.57 Å². The van der Waals surface area contributed by atoms with Gasteiger partial charge in [0.15, 0.2) is 0 Å². The third-order valence-corrected chi connectivity index (χ3v) is 4.58. The van der Waals surface area contributed by atoms with Crippen LogP contribution in [0.5, 0.6) is 0 Å². The molecular weight excluding hydrogens is 288 g/mol. The minimum absolute atomic E-state index is 0.119. The maximum absolute atomic E-state index is 12.4. The summed E-state index contributed by atoms with van der Waals surface area (Å²) in [4.78, 5) is 0.119. The van der Waals surface area contributed by atoms with Gasteiger partial charge in [0.1, 0.15) is 0 Å². The lowest BCUT2D eigenvalue weighted by Crippen LogP contribution is -2.34. The zero-order chi connectivity index (χ0) is 14.3. The summed E-state index contributed by atoms with van der Waals surface area (Å²) in [7, 11) is -2.16. The summed E-state index contributed by atoms with van der Waals surface area (Å²) in [6.45, 7) is 0.604. The highest BCUT2D eigenvalue weighted by atomic mass is 35.5. The van der Waals surface area contributed by atoms with Crippen LogP contribution in [0.4, 0.5) is 0 Å². The van der Waals surface area contributed by atoms with Crippen LogP contribution < -0.4 is 0 Å². The largest absolute Gasteiger partial charge is 0.383 e. The Morgan fingerprint density at radius 2 is 2.16 bits per heavy atom.